The molecule has 1 aromatic carbocycles. The molecule has 7 heteroatoms. The van der Waals surface area contributed by atoms with Gasteiger partial charge in [0.1, 0.15) is 11.5 Å². The van der Waals surface area contributed by atoms with Crippen LogP contribution < -0.4 is 5.32 Å². The number of pyridine rings is 1. The summed E-state index contributed by atoms with van der Waals surface area (Å²) in [5, 5.41) is 2.88. The highest BCUT2D eigenvalue weighted by molar-refractivity contribution is 8.00. The van der Waals surface area contributed by atoms with Gasteiger partial charge in [-0.25, -0.2) is 9.37 Å². The molecule has 0 aliphatic carbocycles. The molecule has 0 aliphatic heterocycles. The van der Waals surface area contributed by atoms with Crippen molar-refractivity contribution in [3.8, 4) is 11.5 Å². The summed E-state index contributed by atoms with van der Waals surface area (Å²) < 4.78 is 14.8. The number of nitrogens with zero attached hydrogens (tertiary/aromatic N) is 3. The molecule has 1 amide bonds. The first-order valence-electron chi connectivity index (χ1n) is 7.80. The van der Waals surface area contributed by atoms with E-state index in [4.69, 9.17) is 0 Å². The van der Waals surface area contributed by atoms with Crippen molar-refractivity contribution in [3.63, 3.8) is 0 Å². The molecule has 1 N–H and O–H groups in total. The van der Waals surface area contributed by atoms with Gasteiger partial charge in [0.2, 0.25) is 5.91 Å². The van der Waals surface area contributed by atoms with Gasteiger partial charge in [0.05, 0.1) is 5.75 Å². The zero-order chi connectivity index (χ0) is 17.5. The predicted molar refractivity (Wildman–Crippen MR) is 95.6 cm³/mol. The van der Waals surface area contributed by atoms with E-state index < -0.39 is 0 Å². The SMILES string of the molecule is O=C(CSc1ccc(F)cc1)NCCn1ccnc1-c1ccccn1. The molecule has 0 saturated heterocycles. The highest BCUT2D eigenvalue weighted by Crippen LogP contribution is 2.17. The van der Waals surface area contributed by atoms with Crippen molar-refractivity contribution >= 4 is 17.7 Å². The molecule has 0 bridgehead atoms. The predicted octanol–water partition coefficient (Wildman–Crippen LogP) is 2.99. The van der Waals surface area contributed by atoms with Crippen molar-refractivity contribution in [2.75, 3.05) is 12.3 Å². The molecule has 2 heterocycles. The van der Waals surface area contributed by atoms with Crippen molar-refractivity contribution in [2.45, 2.75) is 11.4 Å². The van der Waals surface area contributed by atoms with Gasteiger partial charge in [-0.2, -0.15) is 0 Å². The van der Waals surface area contributed by atoms with Crippen LogP contribution >= 0.6 is 11.8 Å². The molecule has 5 nitrogen and oxygen atoms in total. The number of hydrogen-bond acceptors (Lipinski definition) is 4. The van der Waals surface area contributed by atoms with Crippen LogP contribution in [0.4, 0.5) is 4.39 Å². The van der Waals surface area contributed by atoms with Crippen LogP contribution in [0.25, 0.3) is 11.5 Å². The third-order valence-corrected chi connectivity index (χ3v) is 4.48. The Hall–Kier alpha value is -2.67. The molecule has 128 valence electrons. The first kappa shape index (κ1) is 17.2. The summed E-state index contributed by atoms with van der Waals surface area (Å²) in [5.74, 6) is 0.727. The van der Waals surface area contributed by atoms with E-state index in [9.17, 15) is 9.18 Å². The van der Waals surface area contributed by atoms with E-state index in [1.807, 2.05) is 29.0 Å². The fourth-order valence-corrected chi connectivity index (χ4v) is 2.99. The number of benzene rings is 1. The molecule has 0 unspecified atom stereocenters. The average Bonchev–Trinajstić information content (AvgIpc) is 3.10. The molecular weight excluding hydrogens is 339 g/mol. The van der Waals surface area contributed by atoms with E-state index in [0.29, 0.717) is 18.8 Å². The van der Waals surface area contributed by atoms with E-state index in [1.54, 1.807) is 24.5 Å². The highest BCUT2D eigenvalue weighted by atomic mass is 32.2. The van der Waals surface area contributed by atoms with E-state index in [0.717, 1.165) is 16.4 Å². The second kappa shape index (κ2) is 8.43. The van der Waals surface area contributed by atoms with Crippen LogP contribution in [0.5, 0.6) is 0 Å². The molecule has 0 saturated carbocycles. The number of nitrogens with one attached hydrogen (secondary N) is 1. The summed E-state index contributed by atoms with van der Waals surface area (Å²) in [6.45, 7) is 1.11. The van der Waals surface area contributed by atoms with Gasteiger partial charge in [-0.05, 0) is 36.4 Å². The summed E-state index contributed by atoms with van der Waals surface area (Å²) >= 11 is 1.38. The number of aromatic nitrogens is 3. The average molecular weight is 356 g/mol. The molecule has 0 spiro atoms. The first-order chi connectivity index (χ1) is 12.2. The number of halogens is 1. The van der Waals surface area contributed by atoms with Crippen molar-refractivity contribution in [3.05, 3.63) is 66.9 Å². The lowest BCUT2D eigenvalue weighted by molar-refractivity contribution is -0.118. The van der Waals surface area contributed by atoms with E-state index in [1.165, 1.54) is 23.9 Å². The number of carbonyl (C=O) groups excluding carboxylic acids is 1. The Morgan fingerprint density at radius 1 is 1.12 bits per heavy atom. The molecule has 0 radical (unpaired) electrons. The van der Waals surface area contributed by atoms with Gasteiger partial charge in [-0.1, -0.05) is 6.07 Å². The lowest BCUT2D eigenvalue weighted by atomic mass is 10.3. The van der Waals surface area contributed by atoms with Gasteiger partial charge in [-0.15, -0.1) is 11.8 Å². The Balaban J connectivity index is 1.46. The third kappa shape index (κ3) is 4.90. The number of rotatable bonds is 7. The zero-order valence-electron chi connectivity index (χ0n) is 13.4. The Kier molecular flexibility index (Phi) is 5.79. The first-order valence-corrected chi connectivity index (χ1v) is 8.78. The van der Waals surface area contributed by atoms with Crippen LogP contribution in [0.2, 0.25) is 0 Å². The molecular formula is C18H17FN4OS. The molecule has 25 heavy (non-hydrogen) atoms. The van der Waals surface area contributed by atoms with Crippen LogP contribution in [-0.4, -0.2) is 32.7 Å². The van der Waals surface area contributed by atoms with E-state index in [-0.39, 0.29) is 11.7 Å². The summed E-state index contributed by atoms with van der Waals surface area (Å²) in [4.78, 5) is 21.4. The lowest BCUT2D eigenvalue weighted by Gasteiger charge is -2.09. The second-order valence-corrected chi connectivity index (χ2v) is 6.30. The number of hydrogen-bond donors (Lipinski definition) is 1. The minimum absolute atomic E-state index is 0.0613. The van der Waals surface area contributed by atoms with Crippen molar-refractivity contribution in [1.29, 1.82) is 0 Å². The standard InChI is InChI=1S/C18H17FN4OS/c19-14-4-6-15(7-5-14)25-13-17(24)21-9-11-23-12-10-22-18(23)16-3-1-2-8-20-16/h1-8,10,12H,9,11,13H2,(H,21,24). The molecule has 0 fully saturated rings. The molecule has 0 atom stereocenters. The van der Waals surface area contributed by atoms with Crippen molar-refractivity contribution < 1.29 is 9.18 Å². The normalized spacial score (nSPS) is 10.6. The van der Waals surface area contributed by atoms with Gasteiger partial charge >= 0.3 is 0 Å². The number of carbonyl (C=O) groups is 1. The number of thioether (sulfide) groups is 1. The largest absolute Gasteiger partial charge is 0.354 e. The van der Waals surface area contributed by atoms with Crippen LogP contribution in [-0.2, 0) is 11.3 Å². The zero-order valence-corrected chi connectivity index (χ0v) is 14.2. The van der Waals surface area contributed by atoms with Gasteiger partial charge in [0.15, 0.2) is 5.82 Å². The topological polar surface area (TPSA) is 59.8 Å². The van der Waals surface area contributed by atoms with Crippen LogP contribution in [0.3, 0.4) is 0 Å². The van der Waals surface area contributed by atoms with Gasteiger partial charge < -0.3 is 9.88 Å². The fourth-order valence-electron chi connectivity index (χ4n) is 2.26. The van der Waals surface area contributed by atoms with Crippen molar-refractivity contribution in [1.82, 2.24) is 19.9 Å². The highest BCUT2D eigenvalue weighted by Gasteiger charge is 2.07. The second-order valence-electron chi connectivity index (χ2n) is 5.25. The molecule has 0 aliphatic rings. The minimum atomic E-state index is -0.280. The van der Waals surface area contributed by atoms with Crippen LogP contribution in [0, 0.1) is 5.82 Å². The molecule has 2 aromatic heterocycles. The van der Waals surface area contributed by atoms with E-state index in [2.05, 4.69) is 15.3 Å². The number of amides is 1. The molecule has 3 aromatic rings. The quantitative estimate of drug-likeness (QED) is 0.661. The Labute approximate surface area is 149 Å². The van der Waals surface area contributed by atoms with Gasteiger partial charge in [0, 0.05) is 36.6 Å². The maximum Gasteiger partial charge on any atom is 0.230 e. The summed E-state index contributed by atoms with van der Waals surface area (Å²) in [6, 6.07) is 11.8. The smallest absolute Gasteiger partial charge is 0.230 e. The summed E-state index contributed by atoms with van der Waals surface area (Å²) in [7, 11) is 0. The molecule has 3 rings (SSSR count). The number of imidazole rings is 1. The van der Waals surface area contributed by atoms with Gasteiger partial charge in [-0.3, -0.25) is 9.78 Å². The third-order valence-electron chi connectivity index (χ3n) is 3.47. The minimum Gasteiger partial charge on any atom is -0.354 e. The summed E-state index contributed by atoms with van der Waals surface area (Å²) in [5.41, 5.74) is 0.797. The monoisotopic (exact) mass is 356 g/mol. The Bertz CT molecular complexity index is 821. The Morgan fingerprint density at radius 3 is 2.72 bits per heavy atom. The van der Waals surface area contributed by atoms with Gasteiger partial charge in [0.25, 0.3) is 0 Å². The van der Waals surface area contributed by atoms with E-state index >= 15 is 0 Å². The maximum atomic E-state index is 12.8. The fraction of sp³-hybridized carbons (Fsp3) is 0.167. The summed E-state index contributed by atoms with van der Waals surface area (Å²) in [6.07, 6.45) is 5.31. The Morgan fingerprint density at radius 2 is 1.96 bits per heavy atom. The maximum absolute atomic E-state index is 12.8. The van der Waals surface area contributed by atoms with Crippen LogP contribution in [0.1, 0.15) is 0 Å². The van der Waals surface area contributed by atoms with Crippen LogP contribution in [0.15, 0.2) is 66.0 Å². The van der Waals surface area contributed by atoms with Crippen molar-refractivity contribution in [2.24, 2.45) is 0 Å². The lowest BCUT2D eigenvalue weighted by Crippen LogP contribution is -2.28.